The normalized spacial score (nSPS) is 18.6. The quantitative estimate of drug-likeness (QED) is 0.702. The van der Waals surface area contributed by atoms with Crippen LogP contribution >= 0.6 is 0 Å². The van der Waals surface area contributed by atoms with E-state index >= 15 is 0 Å². The lowest BCUT2D eigenvalue weighted by Gasteiger charge is -2.29. The van der Waals surface area contributed by atoms with Gasteiger partial charge in [0.2, 0.25) is 0 Å². The average molecular weight is 228 g/mol. The van der Waals surface area contributed by atoms with Crippen molar-refractivity contribution in [3.8, 4) is 0 Å². The minimum atomic E-state index is -0.485. The smallest absolute Gasteiger partial charge is 0.0642 e. The van der Waals surface area contributed by atoms with Gasteiger partial charge in [-0.05, 0) is 37.0 Å². The number of rotatable bonds is 6. The lowest BCUT2D eigenvalue weighted by atomic mass is 9.81. The van der Waals surface area contributed by atoms with Gasteiger partial charge in [-0.3, -0.25) is 0 Å². The van der Waals surface area contributed by atoms with E-state index in [9.17, 15) is 5.11 Å². The molecular weight excluding hydrogens is 196 g/mol. The Kier molecular flexibility index (Phi) is 6.03. The van der Waals surface area contributed by atoms with Crippen LogP contribution in [0.25, 0.3) is 0 Å². The van der Waals surface area contributed by atoms with Crippen molar-refractivity contribution in [3.05, 3.63) is 0 Å². The number of aliphatic hydroxyl groups is 1. The first-order chi connectivity index (χ1) is 7.04. The second-order valence-corrected chi connectivity index (χ2v) is 7.27. The summed E-state index contributed by atoms with van der Waals surface area (Å²) in [6.45, 7) is 15.4. The molecule has 0 aromatic rings. The van der Waals surface area contributed by atoms with E-state index in [1.165, 1.54) is 12.8 Å². The molecule has 0 radical (unpaired) electrons. The van der Waals surface area contributed by atoms with E-state index in [1.807, 2.05) is 6.92 Å². The standard InChI is InChI=1S/C15H32O/c1-12(2)15(7,16)10-8-9-13(3)11-14(4,5)6/h12-13,16H,8-11H2,1-7H3. The summed E-state index contributed by atoms with van der Waals surface area (Å²) in [5.74, 6) is 1.12. The van der Waals surface area contributed by atoms with Gasteiger partial charge >= 0.3 is 0 Å². The highest BCUT2D eigenvalue weighted by Crippen LogP contribution is 2.29. The SMILES string of the molecule is CC(CCCC(C)(O)C(C)C)CC(C)(C)C. The van der Waals surface area contributed by atoms with Crippen molar-refractivity contribution >= 4 is 0 Å². The third-order valence-electron chi connectivity index (χ3n) is 3.58. The number of hydrogen-bond acceptors (Lipinski definition) is 1. The molecule has 0 aliphatic carbocycles. The van der Waals surface area contributed by atoms with E-state index in [-0.39, 0.29) is 0 Å². The molecule has 0 saturated heterocycles. The zero-order valence-corrected chi connectivity index (χ0v) is 12.4. The van der Waals surface area contributed by atoms with E-state index in [4.69, 9.17) is 0 Å². The van der Waals surface area contributed by atoms with Crippen molar-refractivity contribution in [2.45, 2.75) is 79.8 Å². The Morgan fingerprint density at radius 3 is 1.88 bits per heavy atom. The van der Waals surface area contributed by atoms with Crippen LogP contribution in [-0.2, 0) is 0 Å². The second kappa shape index (κ2) is 6.05. The molecular formula is C15H32O. The second-order valence-electron chi connectivity index (χ2n) is 7.27. The van der Waals surface area contributed by atoms with Crippen molar-refractivity contribution in [2.75, 3.05) is 0 Å². The molecule has 0 spiro atoms. The largest absolute Gasteiger partial charge is 0.390 e. The van der Waals surface area contributed by atoms with Gasteiger partial charge in [-0.15, -0.1) is 0 Å². The van der Waals surface area contributed by atoms with Gasteiger partial charge in [0.05, 0.1) is 5.60 Å². The van der Waals surface area contributed by atoms with Crippen molar-refractivity contribution in [2.24, 2.45) is 17.3 Å². The van der Waals surface area contributed by atoms with Gasteiger partial charge in [0.25, 0.3) is 0 Å². The van der Waals surface area contributed by atoms with E-state index in [0.717, 1.165) is 18.8 Å². The van der Waals surface area contributed by atoms with Gasteiger partial charge in [0, 0.05) is 0 Å². The van der Waals surface area contributed by atoms with Crippen molar-refractivity contribution < 1.29 is 5.11 Å². The first kappa shape index (κ1) is 16.0. The summed E-state index contributed by atoms with van der Waals surface area (Å²) < 4.78 is 0. The fourth-order valence-corrected chi connectivity index (χ4v) is 2.24. The van der Waals surface area contributed by atoms with Crippen LogP contribution in [-0.4, -0.2) is 10.7 Å². The van der Waals surface area contributed by atoms with Gasteiger partial charge in [-0.25, -0.2) is 0 Å². The van der Waals surface area contributed by atoms with Gasteiger partial charge in [-0.1, -0.05) is 54.4 Å². The molecule has 16 heavy (non-hydrogen) atoms. The van der Waals surface area contributed by atoms with Crippen molar-refractivity contribution in [1.82, 2.24) is 0 Å². The van der Waals surface area contributed by atoms with Crippen LogP contribution in [0.5, 0.6) is 0 Å². The summed E-state index contributed by atoms with van der Waals surface area (Å²) in [4.78, 5) is 0. The van der Waals surface area contributed by atoms with E-state index in [2.05, 4.69) is 41.5 Å². The molecule has 0 aromatic heterocycles. The van der Waals surface area contributed by atoms with Gasteiger partial charge in [-0.2, -0.15) is 0 Å². The molecule has 1 N–H and O–H groups in total. The Labute approximate surface area is 103 Å². The van der Waals surface area contributed by atoms with Crippen LogP contribution in [0.4, 0.5) is 0 Å². The molecule has 1 heteroatoms. The molecule has 2 unspecified atom stereocenters. The molecule has 98 valence electrons. The molecule has 1 nitrogen and oxygen atoms in total. The van der Waals surface area contributed by atoms with Crippen LogP contribution in [0.1, 0.15) is 74.1 Å². The van der Waals surface area contributed by atoms with E-state index in [0.29, 0.717) is 11.3 Å². The Morgan fingerprint density at radius 1 is 1.00 bits per heavy atom. The highest BCUT2D eigenvalue weighted by Gasteiger charge is 2.24. The Morgan fingerprint density at radius 2 is 1.50 bits per heavy atom. The molecule has 0 bridgehead atoms. The first-order valence-electron chi connectivity index (χ1n) is 6.77. The first-order valence-corrected chi connectivity index (χ1v) is 6.77. The van der Waals surface area contributed by atoms with Gasteiger partial charge < -0.3 is 5.11 Å². The van der Waals surface area contributed by atoms with E-state index < -0.39 is 5.60 Å². The van der Waals surface area contributed by atoms with E-state index in [1.54, 1.807) is 0 Å². The minimum absolute atomic E-state index is 0.352. The zero-order valence-electron chi connectivity index (χ0n) is 12.4. The third kappa shape index (κ3) is 7.27. The molecule has 2 atom stereocenters. The van der Waals surface area contributed by atoms with Crippen molar-refractivity contribution in [3.63, 3.8) is 0 Å². The Bertz CT molecular complexity index is 186. The summed E-state index contributed by atoms with van der Waals surface area (Å²) >= 11 is 0. The summed E-state index contributed by atoms with van der Waals surface area (Å²) in [6.07, 6.45) is 4.58. The van der Waals surface area contributed by atoms with Crippen molar-refractivity contribution in [1.29, 1.82) is 0 Å². The molecule has 0 saturated carbocycles. The maximum absolute atomic E-state index is 10.1. The highest BCUT2D eigenvalue weighted by molar-refractivity contribution is 4.76. The number of hydrogen-bond donors (Lipinski definition) is 1. The fourth-order valence-electron chi connectivity index (χ4n) is 2.24. The molecule has 0 aliphatic heterocycles. The summed E-state index contributed by atoms with van der Waals surface area (Å²) in [5.41, 5.74) is -0.0541. The minimum Gasteiger partial charge on any atom is -0.390 e. The maximum atomic E-state index is 10.1. The van der Waals surface area contributed by atoms with Crippen LogP contribution < -0.4 is 0 Å². The Balaban J connectivity index is 3.82. The van der Waals surface area contributed by atoms with Crippen LogP contribution in [0.15, 0.2) is 0 Å². The van der Waals surface area contributed by atoms with Crippen LogP contribution in [0, 0.1) is 17.3 Å². The fraction of sp³-hybridized carbons (Fsp3) is 1.00. The van der Waals surface area contributed by atoms with Gasteiger partial charge in [0.1, 0.15) is 0 Å². The monoisotopic (exact) mass is 228 g/mol. The van der Waals surface area contributed by atoms with Crippen LogP contribution in [0.2, 0.25) is 0 Å². The molecule has 0 amide bonds. The molecule has 0 heterocycles. The topological polar surface area (TPSA) is 20.2 Å². The lowest BCUT2D eigenvalue weighted by molar-refractivity contribution is 0.00212. The summed E-state index contributed by atoms with van der Waals surface area (Å²) in [6, 6.07) is 0. The predicted octanol–water partition coefficient (Wildman–Crippen LogP) is 4.64. The lowest BCUT2D eigenvalue weighted by Crippen LogP contribution is -2.30. The summed E-state index contributed by atoms with van der Waals surface area (Å²) in [7, 11) is 0. The summed E-state index contributed by atoms with van der Waals surface area (Å²) in [5, 5.41) is 10.1. The highest BCUT2D eigenvalue weighted by atomic mass is 16.3. The average Bonchev–Trinajstić information content (AvgIpc) is 1.99. The predicted molar refractivity (Wildman–Crippen MR) is 72.5 cm³/mol. The maximum Gasteiger partial charge on any atom is 0.0642 e. The molecule has 0 aromatic carbocycles. The molecule has 0 fully saturated rings. The zero-order chi connectivity index (χ0) is 13.0. The third-order valence-corrected chi connectivity index (χ3v) is 3.58. The molecule has 0 aliphatic rings. The van der Waals surface area contributed by atoms with Crippen LogP contribution in [0.3, 0.4) is 0 Å². The Hall–Kier alpha value is -0.0400. The van der Waals surface area contributed by atoms with Gasteiger partial charge in [0.15, 0.2) is 0 Å². The molecule has 0 rings (SSSR count).